The number of aldehydes is 1. The fourth-order valence-corrected chi connectivity index (χ4v) is 5.54. The smallest absolute Gasteiger partial charge is 0.248 e. The van der Waals surface area contributed by atoms with Crippen molar-refractivity contribution >= 4 is 40.8 Å². The maximum absolute atomic E-state index is 10.7. The zero-order valence-electron chi connectivity index (χ0n) is 23.4. The number of pyridine rings is 2. The van der Waals surface area contributed by atoms with Crippen molar-refractivity contribution in [2.75, 3.05) is 5.73 Å². The Hall–Kier alpha value is -5.54. The lowest BCUT2D eigenvalue weighted by Gasteiger charge is -2.12. The van der Waals surface area contributed by atoms with Gasteiger partial charge in [0.05, 0.1) is 21.8 Å². The van der Waals surface area contributed by atoms with Crippen LogP contribution in [-0.4, -0.2) is 36.8 Å². The molecule has 1 aliphatic rings. The maximum Gasteiger partial charge on any atom is 0.248 e. The number of nitrogen functional groups attached to an aromatic ring is 1. The fourth-order valence-electron chi connectivity index (χ4n) is 5.31. The number of anilines is 1. The molecule has 0 fully saturated rings. The number of fused-ring (bicyclic) bond motifs is 2. The van der Waals surface area contributed by atoms with Gasteiger partial charge in [-0.1, -0.05) is 48.0 Å². The number of phenolic OH excluding ortho intramolecular Hbond substituents is 1. The van der Waals surface area contributed by atoms with Crippen LogP contribution in [0, 0.1) is 0 Å². The highest BCUT2D eigenvalue weighted by molar-refractivity contribution is 6.32. The minimum absolute atomic E-state index is 0.0544. The topological polar surface area (TPSA) is 150 Å². The number of amides is 1. The standard InChI is InChI=1S/C26H21N5.C8H6ClNO3/c27-24-21(10-5-15-28-24)25-30-23-14-13-22(18-6-2-1-3-7-18)29-26(23)31(25)20-12-11-17-8-4-9-19(17)16-20;9-6-2-4(8(10)13)1-5(3-11)7(6)12/h1-3,5-7,10-16H,4,8-9H2,(H2,27,28);1-3,12H,(H2,10,13). The zero-order chi connectivity index (χ0) is 30.8. The van der Waals surface area contributed by atoms with E-state index in [0.717, 1.165) is 52.3 Å². The van der Waals surface area contributed by atoms with E-state index in [9.17, 15) is 14.7 Å². The molecule has 3 aromatic heterocycles. The van der Waals surface area contributed by atoms with Gasteiger partial charge in [0, 0.05) is 23.0 Å². The SMILES string of the molecule is NC(=O)c1cc(Cl)c(O)c(C=O)c1.Nc1ncccc1-c1nc2ccc(-c3ccccc3)nc2n1-c1ccc2c(c1)CCC2. The Morgan fingerprint density at radius 1 is 0.932 bits per heavy atom. The third-order valence-electron chi connectivity index (χ3n) is 7.50. The van der Waals surface area contributed by atoms with E-state index in [0.29, 0.717) is 12.1 Å². The lowest BCUT2D eigenvalue weighted by Crippen LogP contribution is -2.11. The number of nitrogens with zero attached hydrogens (tertiary/aromatic N) is 4. The monoisotopic (exact) mass is 602 g/mol. The van der Waals surface area contributed by atoms with Crippen LogP contribution in [0.25, 0.3) is 39.5 Å². The summed E-state index contributed by atoms with van der Waals surface area (Å²) in [5, 5.41) is 9.12. The second-order valence-corrected chi connectivity index (χ2v) is 10.7. The Balaban J connectivity index is 0.000000223. The first-order valence-electron chi connectivity index (χ1n) is 13.9. The van der Waals surface area contributed by atoms with E-state index in [1.807, 2.05) is 42.5 Å². The van der Waals surface area contributed by atoms with Gasteiger partial charge in [0.25, 0.3) is 0 Å². The number of benzene rings is 3. The molecule has 3 aromatic carbocycles. The number of phenols is 1. The molecule has 1 amide bonds. The van der Waals surface area contributed by atoms with Gasteiger partial charge in [-0.25, -0.2) is 15.0 Å². The molecule has 10 heteroatoms. The molecule has 0 aliphatic heterocycles. The van der Waals surface area contributed by atoms with Crippen molar-refractivity contribution in [2.24, 2.45) is 5.73 Å². The Kier molecular flexibility index (Phi) is 7.78. The van der Waals surface area contributed by atoms with Crippen LogP contribution in [0.1, 0.15) is 38.3 Å². The number of carbonyl (C=O) groups excluding carboxylic acids is 2. The van der Waals surface area contributed by atoms with Gasteiger partial charge in [-0.2, -0.15) is 0 Å². The molecule has 7 rings (SSSR count). The summed E-state index contributed by atoms with van der Waals surface area (Å²) in [5.41, 5.74) is 19.6. The van der Waals surface area contributed by atoms with Crippen molar-refractivity contribution < 1.29 is 14.7 Å². The number of hydrogen-bond acceptors (Lipinski definition) is 7. The van der Waals surface area contributed by atoms with E-state index in [4.69, 9.17) is 33.0 Å². The Morgan fingerprint density at radius 2 is 1.73 bits per heavy atom. The third-order valence-corrected chi connectivity index (χ3v) is 7.79. The Bertz CT molecular complexity index is 2040. The lowest BCUT2D eigenvalue weighted by atomic mass is 10.1. The fraction of sp³-hybridized carbons (Fsp3) is 0.0882. The van der Waals surface area contributed by atoms with Crippen LogP contribution >= 0.6 is 11.6 Å². The molecule has 1 aliphatic carbocycles. The van der Waals surface area contributed by atoms with Crippen molar-refractivity contribution in [3.05, 3.63) is 118 Å². The average molecular weight is 603 g/mol. The highest BCUT2D eigenvalue weighted by Gasteiger charge is 2.20. The number of rotatable bonds is 5. The van der Waals surface area contributed by atoms with E-state index in [-0.39, 0.29) is 21.9 Å². The average Bonchev–Trinajstić information content (AvgIpc) is 3.67. The summed E-state index contributed by atoms with van der Waals surface area (Å²) < 4.78 is 2.12. The quantitative estimate of drug-likeness (QED) is 0.199. The molecule has 218 valence electrons. The van der Waals surface area contributed by atoms with Gasteiger partial charge >= 0.3 is 0 Å². The van der Waals surface area contributed by atoms with Crippen LogP contribution in [0.5, 0.6) is 5.75 Å². The summed E-state index contributed by atoms with van der Waals surface area (Å²) in [5.74, 6) is 0.173. The number of aryl methyl sites for hydroxylation is 2. The van der Waals surface area contributed by atoms with Gasteiger partial charge in [0.2, 0.25) is 5.91 Å². The molecule has 0 radical (unpaired) electrons. The number of hydrogen-bond donors (Lipinski definition) is 3. The van der Waals surface area contributed by atoms with Crippen LogP contribution in [0.2, 0.25) is 5.02 Å². The third kappa shape index (κ3) is 5.48. The molecule has 3 heterocycles. The predicted octanol–water partition coefficient (Wildman–Crippen LogP) is 6.18. The molecule has 9 nitrogen and oxygen atoms in total. The summed E-state index contributed by atoms with van der Waals surface area (Å²) >= 11 is 5.53. The molecular formula is C34H27ClN6O3. The normalized spacial score (nSPS) is 11.9. The van der Waals surface area contributed by atoms with E-state index in [1.165, 1.54) is 29.7 Å². The van der Waals surface area contributed by atoms with Crippen molar-refractivity contribution in [3.8, 4) is 34.1 Å². The number of imidazole rings is 1. The number of carbonyl (C=O) groups is 2. The molecule has 0 saturated carbocycles. The first kappa shape index (κ1) is 28.6. The van der Waals surface area contributed by atoms with Crippen LogP contribution in [-0.2, 0) is 12.8 Å². The second kappa shape index (κ2) is 12.0. The highest BCUT2D eigenvalue weighted by atomic mass is 35.5. The van der Waals surface area contributed by atoms with Gasteiger partial charge in [0.15, 0.2) is 17.8 Å². The summed E-state index contributed by atoms with van der Waals surface area (Å²) in [6.07, 6.45) is 5.57. The van der Waals surface area contributed by atoms with Crippen LogP contribution < -0.4 is 11.5 Å². The summed E-state index contributed by atoms with van der Waals surface area (Å²) in [6, 6.07) is 27.2. The molecule has 6 aromatic rings. The minimum Gasteiger partial charge on any atom is -0.506 e. The van der Waals surface area contributed by atoms with Crippen molar-refractivity contribution in [1.29, 1.82) is 0 Å². The molecule has 0 spiro atoms. The number of halogens is 1. The second-order valence-electron chi connectivity index (χ2n) is 10.3. The molecule has 0 unspecified atom stereocenters. The van der Waals surface area contributed by atoms with E-state index >= 15 is 0 Å². The molecule has 0 bridgehead atoms. The summed E-state index contributed by atoms with van der Waals surface area (Å²) in [7, 11) is 0. The molecule has 44 heavy (non-hydrogen) atoms. The van der Waals surface area contributed by atoms with E-state index < -0.39 is 5.91 Å². The number of primary amides is 1. The maximum atomic E-state index is 10.7. The number of nitrogens with two attached hydrogens (primary N) is 2. The van der Waals surface area contributed by atoms with Crippen LogP contribution in [0.4, 0.5) is 5.82 Å². The number of aromatic nitrogens is 4. The first-order valence-corrected chi connectivity index (χ1v) is 14.3. The summed E-state index contributed by atoms with van der Waals surface area (Å²) in [4.78, 5) is 35.3. The van der Waals surface area contributed by atoms with Gasteiger partial charge in [-0.15, -0.1) is 0 Å². The summed E-state index contributed by atoms with van der Waals surface area (Å²) in [6.45, 7) is 0. The Morgan fingerprint density at radius 3 is 2.48 bits per heavy atom. The van der Waals surface area contributed by atoms with Crippen LogP contribution in [0.3, 0.4) is 0 Å². The molecular weight excluding hydrogens is 576 g/mol. The van der Waals surface area contributed by atoms with Gasteiger partial charge in [-0.3, -0.25) is 14.2 Å². The molecule has 0 atom stereocenters. The van der Waals surface area contributed by atoms with Gasteiger partial charge in [0.1, 0.15) is 17.1 Å². The lowest BCUT2D eigenvalue weighted by molar-refractivity contribution is 0.1000. The van der Waals surface area contributed by atoms with Crippen molar-refractivity contribution in [1.82, 2.24) is 19.5 Å². The minimum atomic E-state index is -0.704. The Labute approximate surface area is 257 Å². The van der Waals surface area contributed by atoms with Gasteiger partial charge < -0.3 is 16.6 Å². The zero-order valence-corrected chi connectivity index (χ0v) is 24.2. The number of aromatic hydroxyl groups is 1. The molecule has 0 saturated heterocycles. The first-order chi connectivity index (χ1) is 21.3. The highest BCUT2D eigenvalue weighted by Crippen LogP contribution is 2.33. The largest absolute Gasteiger partial charge is 0.506 e. The van der Waals surface area contributed by atoms with E-state index in [2.05, 4.69) is 39.9 Å². The van der Waals surface area contributed by atoms with Crippen molar-refractivity contribution in [3.63, 3.8) is 0 Å². The molecule has 5 N–H and O–H groups in total. The predicted molar refractivity (Wildman–Crippen MR) is 171 cm³/mol. The van der Waals surface area contributed by atoms with Crippen LogP contribution in [0.15, 0.2) is 91.1 Å². The van der Waals surface area contributed by atoms with Gasteiger partial charge in [-0.05, 0) is 78.9 Å². The van der Waals surface area contributed by atoms with Crippen molar-refractivity contribution in [2.45, 2.75) is 19.3 Å². The van der Waals surface area contributed by atoms with E-state index in [1.54, 1.807) is 6.20 Å².